The van der Waals surface area contributed by atoms with Gasteiger partial charge in [-0.2, -0.15) is 0 Å². The lowest BCUT2D eigenvalue weighted by Gasteiger charge is -2.05. The zero-order valence-electron chi connectivity index (χ0n) is 7.74. The molecule has 0 atom stereocenters. The van der Waals surface area contributed by atoms with Crippen molar-refractivity contribution in [2.24, 2.45) is 10.7 Å². The van der Waals surface area contributed by atoms with Crippen LogP contribution in [0, 0.1) is 0 Å². The number of aliphatic imine (C=N–C) groups is 1. The van der Waals surface area contributed by atoms with Gasteiger partial charge in [0.2, 0.25) is 0 Å². The third-order valence-electron chi connectivity index (χ3n) is 1.41. The molecule has 4 nitrogen and oxygen atoms in total. The van der Waals surface area contributed by atoms with Crippen molar-refractivity contribution < 1.29 is 4.84 Å². The van der Waals surface area contributed by atoms with E-state index in [2.05, 4.69) is 10.5 Å². The van der Waals surface area contributed by atoms with Crippen LogP contribution in [0.5, 0.6) is 0 Å². The van der Waals surface area contributed by atoms with Gasteiger partial charge < -0.3 is 5.73 Å². The molecule has 0 aromatic heterocycles. The molecule has 0 spiro atoms. The van der Waals surface area contributed by atoms with E-state index in [1.807, 2.05) is 24.3 Å². The summed E-state index contributed by atoms with van der Waals surface area (Å²) in [6.45, 7) is 1.74. The number of anilines is 1. The predicted molar refractivity (Wildman–Crippen MR) is 54.0 cm³/mol. The van der Waals surface area contributed by atoms with Crippen molar-refractivity contribution >= 4 is 17.2 Å². The molecule has 4 heteroatoms. The van der Waals surface area contributed by atoms with Crippen molar-refractivity contribution in [2.45, 2.75) is 6.92 Å². The third-order valence-corrected chi connectivity index (χ3v) is 1.41. The molecular formula is C9H13N3O. The molecule has 1 aromatic carbocycles. The molecule has 0 saturated heterocycles. The molecule has 70 valence electrons. The molecule has 0 fully saturated rings. The van der Waals surface area contributed by atoms with Crippen LogP contribution in [0.25, 0.3) is 0 Å². The quantitative estimate of drug-likeness (QED) is 0.421. The Morgan fingerprint density at radius 1 is 1.46 bits per heavy atom. The number of nitrogens with two attached hydrogens (primary N) is 1. The highest BCUT2D eigenvalue weighted by Gasteiger charge is 1.97. The van der Waals surface area contributed by atoms with Crippen LogP contribution in [0.3, 0.4) is 0 Å². The lowest BCUT2D eigenvalue weighted by atomic mass is 10.3. The zero-order chi connectivity index (χ0) is 9.68. The van der Waals surface area contributed by atoms with Gasteiger partial charge in [0.25, 0.3) is 0 Å². The maximum Gasteiger partial charge on any atom is 0.0965 e. The normalized spacial score (nSPS) is 11.4. The van der Waals surface area contributed by atoms with E-state index in [9.17, 15) is 0 Å². The minimum Gasteiger partial charge on any atom is -0.387 e. The van der Waals surface area contributed by atoms with Crippen molar-refractivity contribution in [2.75, 3.05) is 12.6 Å². The molecule has 0 heterocycles. The third kappa shape index (κ3) is 2.76. The van der Waals surface area contributed by atoms with Gasteiger partial charge in [-0.25, -0.2) is 4.99 Å². The summed E-state index contributed by atoms with van der Waals surface area (Å²) in [6, 6.07) is 7.51. The molecule has 0 bridgehead atoms. The molecule has 0 radical (unpaired) electrons. The van der Waals surface area contributed by atoms with Crippen LogP contribution in [-0.2, 0) is 4.84 Å². The Kier molecular flexibility index (Phi) is 3.28. The Labute approximate surface area is 77.4 Å². The molecule has 13 heavy (non-hydrogen) atoms. The molecule has 0 aliphatic carbocycles. The van der Waals surface area contributed by atoms with Gasteiger partial charge in [0.15, 0.2) is 0 Å². The number of amidine groups is 1. The van der Waals surface area contributed by atoms with Crippen LogP contribution < -0.4 is 11.2 Å². The van der Waals surface area contributed by atoms with Crippen LogP contribution in [0.15, 0.2) is 29.3 Å². The lowest BCUT2D eigenvalue weighted by molar-refractivity contribution is 0.271. The highest BCUT2D eigenvalue weighted by atomic mass is 16.6. The van der Waals surface area contributed by atoms with Crippen molar-refractivity contribution in [1.29, 1.82) is 0 Å². The van der Waals surface area contributed by atoms with Gasteiger partial charge in [0, 0.05) is 0 Å². The average Bonchev–Trinajstić information content (AvgIpc) is 2.08. The maximum absolute atomic E-state index is 5.47. The minimum absolute atomic E-state index is 0.519. The smallest absolute Gasteiger partial charge is 0.0965 e. The summed E-state index contributed by atoms with van der Waals surface area (Å²) in [6.07, 6.45) is 0. The standard InChI is InChI=1S/C9H13N3O/c1-7(10)11-8-5-3-4-6-9(8)12-13-2/h3-6,12H,1-2H3,(H2,10,11). The second-order valence-corrected chi connectivity index (χ2v) is 2.58. The first-order valence-corrected chi connectivity index (χ1v) is 3.93. The number of para-hydroxylation sites is 2. The molecule has 3 N–H and O–H groups in total. The Balaban J connectivity index is 2.97. The molecular weight excluding hydrogens is 166 g/mol. The Morgan fingerprint density at radius 2 is 2.15 bits per heavy atom. The number of benzene rings is 1. The first-order chi connectivity index (χ1) is 6.24. The molecule has 0 unspecified atom stereocenters. The van der Waals surface area contributed by atoms with E-state index in [1.165, 1.54) is 0 Å². The van der Waals surface area contributed by atoms with Crippen molar-refractivity contribution in [1.82, 2.24) is 0 Å². The van der Waals surface area contributed by atoms with Crippen LogP contribution in [-0.4, -0.2) is 12.9 Å². The molecule has 0 aliphatic heterocycles. The first kappa shape index (κ1) is 9.54. The molecule has 0 amide bonds. The summed E-state index contributed by atoms with van der Waals surface area (Å²) < 4.78 is 0. The fraction of sp³-hybridized carbons (Fsp3) is 0.222. The fourth-order valence-electron chi connectivity index (χ4n) is 0.957. The highest BCUT2D eigenvalue weighted by molar-refractivity contribution is 5.83. The Morgan fingerprint density at radius 3 is 2.77 bits per heavy atom. The largest absolute Gasteiger partial charge is 0.387 e. The summed E-state index contributed by atoms with van der Waals surface area (Å²) in [7, 11) is 1.55. The molecule has 0 aliphatic rings. The van der Waals surface area contributed by atoms with E-state index in [0.29, 0.717) is 5.84 Å². The molecule has 1 rings (SSSR count). The van der Waals surface area contributed by atoms with Crippen LogP contribution in [0.1, 0.15) is 6.92 Å². The van der Waals surface area contributed by atoms with E-state index in [4.69, 9.17) is 10.6 Å². The highest BCUT2D eigenvalue weighted by Crippen LogP contribution is 2.23. The van der Waals surface area contributed by atoms with Gasteiger partial charge in [0.1, 0.15) is 0 Å². The van der Waals surface area contributed by atoms with Crippen LogP contribution in [0.4, 0.5) is 11.4 Å². The van der Waals surface area contributed by atoms with E-state index >= 15 is 0 Å². The summed E-state index contributed by atoms with van der Waals surface area (Å²) in [4.78, 5) is 8.92. The number of nitrogens with zero attached hydrogens (tertiary/aromatic N) is 1. The number of nitrogens with one attached hydrogen (secondary N) is 1. The SMILES string of the molecule is CONc1ccccc1N=C(C)N. The van der Waals surface area contributed by atoms with Gasteiger partial charge in [0.05, 0.1) is 24.3 Å². The molecule has 1 aromatic rings. The second kappa shape index (κ2) is 4.47. The number of hydrogen-bond acceptors (Lipinski definition) is 3. The Bertz CT molecular complexity index is 305. The van der Waals surface area contributed by atoms with Crippen LogP contribution >= 0.6 is 0 Å². The van der Waals surface area contributed by atoms with Crippen molar-refractivity contribution in [3.05, 3.63) is 24.3 Å². The van der Waals surface area contributed by atoms with E-state index in [0.717, 1.165) is 11.4 Å². The number of hydrogen-bond donors (Lipinski definition) is 2. The van der Waals surface area contributed by atoms with Crippen LogP contribution in [0.2, 0.25) is 0 Å². The van der Waals surface area contributed by atoms with Gasteiger partial charge in [-0.15, -0.1) is 0 Å². The summed E-state index contributed by atoms with van der Waals surface area (Å²) >= 11 is 0. The van der Waals surface area contributed by atoms with Crippen molar-refractivity contribution in [3.63, 3.8) is 0 Å². The monoisotopic (exact) mass is 179 g/mol. The minimum atomic E-state index is 0.519. The number of rotatable bonds is 3. The maximum atomic E-state index is 5.47. The van der Waals surface area contributed by atoms with Crippen molar-refractivity contribution in [3.8, 4) is 0 Å². The molecule has 0 saturated carbocycles. The summed E-state index contributed by atoms with van der Waals surface area (Å²) in [5, 5.41) is 0. The first-order valence-electron chi connectivity index (χ1n) is 3.93. The Hall–Kier alpha value is -1.55. The summed E-state index contributed by atoms with van der Waals surface area (Å²) in [5.74, 6) is 0.519. The van der Waals surface area contributed by atoms with E-state index < -0.39 is 0 Å². The predicted octanol–water partition coefficient (Wildman–Crippen LogP) is 1.67. The fourth-order valence-corrected chi connectivity index (χ4v) is 0.957. The summed E-state index contributed by atoms with van der Waals surface area (Å²) in [5.41, 5.74) is 9.76. The zero-order valence-corrected chi connectivity index (χ0v) is 7.74. The topological polar surface area (TPSA) is 59.6 Å². The van der Waals surface area contributed by atoms with Gasteiger partial charge >= 0.3 is 0 Å². The van der Waals surface area contributed by atoms with Gasteiger partial charge in [-0.1, -0.05) is 12.1 Å². The van der Waals surface area contributed by atoms with Gasteiger partial charge in [-0.3, -0.25) is 10.3 Å². The lowest BCUT2D eigenvalue weighted by Crippen LogP contribution is -2.04. The van der Waals surface area contributed by atoms with Gasteiger partial charge in [-0.05, 0) is 19.1 Å². The second-order valence-electron chi connectivity index (χ2n) is 2.58. The average molecular weight is 179 g/mol. The van der Waals surface area contributed by atoms with E-state index in [1.54, 1.807) is 14.0 Å². The van der Waals surface area contributed by atoms with E-state index in [-0.39, 0.29) is 0 Å².